The van der Waals surface area contributed by atoms with E-state index in [0.29, 0.717) is 38.9 Å². The number of rotatable bonds is 12. The molecule has 0 radical (unpaired) electrons. The molecule has 3 N–H and O–H groups in total. The monoisotopic (exact) mass is 442 g/mol. The Bertz CT molecular complexity index is 869. The Morgan fingerprint density at radius 3 is 2.47 bits per heavy atom. The minimum absolute atomic E-state index is 0.113. The normalized spacial score (nSPS) is 11.1. The third kappa shape index (κ3) is 8.85. The fraction of sp³-hybridized carbons (Fsp3) is 0.417. The van der Waals surface area contributed by atoms with Crippen LogP contribution in [0.2, 0.25) is 0 Å². The lowest BCUT2D eigenvalue weighted by Gasteiger charge is -2.15. The van der Waals surface area contributed by atoms with Gasteiger partial charge in [-0.2, -0.15) is 0 Å². The summed E-state index contributed by atoms with van der Waals surface area (Å²) in [6.07, 6.45) is 0. The van der Waals surface area contributed by atoms with E-state index in [1.54, 1.807) is 14.2 Å². The molecule has 0 aromatic heterocycles. The zero-order chi connectivity index (χ0) is 23.2. The molecule has 2 aromatic carbocycles. The van der Waals surface area contributed by atoms with E-state index in [4.69, 9.17) is 14.2 Å². The first-order chi connectivity index (χ1) is 15.5. The number of guanidine groups is 1. The largest absolute Gasteiger partial charge is 0.497 e. The summed E-state index contributed by atoms with van der Waals surface area (Å²) in [5.41, 5.74) is 3.12. The van der Waals surface area contributed by atoms with Gasteiger partial charge in [-0.25, -0.2) is 0 Å². The second-order valence-corrected chi connectivity index (χ2v) is 7.06. The van der Waals surface area contributed by atoms with Gasteiger partial charge in [0.1, 0.15) is 18.1 Å². The van der Waals surface area contributed by atoms with Gasteiger partial charge in [-0.05, 0) is 43.2 Å². The fourth-order valence-corrected chi connectivity index (χ4v) is 2.87. The van der Waals surface area contributed by atoms with Crippen LogP contribution in [0.25, 0.3) is 0 Å². The first-order valence-electron chi connectivity index (χ1n) is 10.7. The zero-order valence-electron chi connectivity index (χ0n) is 19.4. The lowest BCUT2D eigenvalue weighted by atomic mass is 10.1. The molecule has 0 saturated heterocycles. The number of ether oxygens (including phenoxy) is 3. The second kappa shape index (κ2) is 13.9. The van der Waals surface area contributed by atoms with Gasteiger partial charge in [0.25, 0.3) is 0 Å². The number of aryl methyl sites for hydroxylation is 1. The van der Waals surface area contributed by atoms with Crippen molar-refractivity contribution in [1.82, 2.24) is 16.0 Å². The lowest BCUT2D eigenvalue weighted by Crippen LogP contribution is -2.42. The summed E-state index contributed by atoms with van der Waals surface area (Å²) >= 11 is 0. The van der Waals surface area contributed by atoms with Gasteiger partial charge in [0, 0.05) is 32.3 Å². The van der Waals surface area contributed by atoms with Crippen molar-refractivity contribution in [3.8, 4) is 11.5 Å². The van der Waals surface area contributed by atoms with E-state index in [0.717, 1.165) is 28.2 Å². The molecular weight excluding hydrogens is 408 g/mol. The quantitative estimate of drug-likeness (QED) is 0.266. The van der Waals surface area contributed by atoms with E-state index >= 15 is 0 Å². The number of carbonyl (C=O) groups is 1. The van der Waals surface area contributed by atoms with Gasteiger partial charge in [0.2, 0.25) is 5.91 Å². The molecule has 0 atom stereocenters. The number of aliphatic imine (C=N–C) groups is 1. The molecule has 0 heterocycles. The topological polar surface area (TPSA) is 93.2 Å². The number of nitrogens with one attached hydrogen (secondary N) is 3. The first-order valence-corrected chi connectivity index (χ1v) is 10.7. The van der Waals surface area contributed by atoms with Crippen molar-refractivity contribution in [1.29, 1.82) is 0 Å². The Labute approximate surface area is 190 Å². The van der Waals surface area contributed by atoms with Crippen LogP contribution in [0, 0.1) is 6.92 Å². The smallest absolute Gasteiger partial charge is 0.239 e. The number of hydrogen-bond acceptors (Lipinski definition) is 5. The minimum atomic E-state index is -0.126. The average Bonchev–Trinajstić information content (AvgIpc) is 2.82. The van der Waals surface area contributed by atoms with Gasteiger partial charge in [0.15, 0.2) is 5.96 Å². The van der Waals surface area contributed by atoms with Crippen molar-refractivity contribution < 1.29 is 19.0 Å². The second-order valence-electron chi connectivity index (χ2n) is 7.06. The van der Waals surface area contributed by atoms with Gasteiger partial charge in [-0.3, -0.25) is 9.79 Å². The predicted molar refractivity (Wildman–Crippen MR) is 126 cm³/mol. The van der Waals surface area contributed by atoms with Gasteiger partial charge in [-0.1, -0.05) is 24.3 Å². The standard InChI is InChI=1S/C24H34N4O4/c1-5-31-12-13-32-22-14-18(2)6-9-20(22)16-27-24(25-3)28-17-23(29)26-15-19-7-10-21(30-4)11-8-19/h6-11,14H,5,12-13,15-17H2,1-4H3,(H,26,29)(H2,25,27,28). The predicted octanol–water partition coefficient (Wildman–Crippen LogP) is 2.40. The van der Waals surface area contributed by atoms with Gasteiger partial charge >= 0.3 is 0 Å². The van der Waals surface area contributed by atoms with Crippen LogP contribution in [0.1, 0.15) is 23.6 Å². The van der Waals surface area contributed by atoms with E-state index in [1.807, 2.05) is 56.3 Å². The number of nitrogens with zero attached hydrogens (tertiary/aromatic N) is 1. The third-order valence-electron chi connectivity index (χ3n) is 4.65. The Kier molecular flexibility index (Phi) is 10.9. The van der Waals surface area contributed by atoms with E-state index in [-0.39, 0.29) is 12.5 Å². The zero-order valence-corrected chi connectivity index (χ0v) is 19.4. The molecule has 32 heavy (non-hydrogen) atoms. The van der Waals surface area contributed by atoms with Crippen molar-refractivity contribution in [2.45, 2.75) is 26.9 Å². The van der Waals surface area contributed by atoms with Crippen LogP contribution in [0.5, 0.6) is 11.5 Å². The van der Waals surface area contributed by atoms with Crippen LogP contribution in [-0.4, -0.2) is 52.4 Å². The highest BCUT2D eigenvalue weighted by Gasteiger charge is 2.08. The maximum Gasteiger partial charge on any atom is 0.239 e. The van der Waals surface area contributed by atoms with E-state index in [1.165, 1.54) is 0 Å². The highest BCUT2D eigenvalue weighted by Crippen LogP contribution is 2.20. The van der Waals surface area contributed by atoms with E-state index in [9.17, 15) is 4.79 Å². The molecule has 0 fully saturated rings. The highest BCUT2D eigenvalue weighted by atomic mass is 16.5. The fourth-order valence-electron chi connectivity index (χ4n) is 2.87. The summed E-state index contributed by atoms with van der Waals surface area (Å²) in [4.78, 5) is 16.4. The summed E-state index contributed by atoms with van der Waals surface area (Å²) in [5, 5.41) is 9.14. The van der Waals surface area contributed by atoms with Crippen LogP contribution >= 0.6 is 0 Å². The summed E-state index contributed by atoms with van der Waals surface area (Å²) in [6, 6.07) is 13.6. The van der Waals surface area contributed by atoms with Gasteiger partial charge in [-0.15, -0.1) is 0 Å². The summed E-state index contributed by atoms with van der Waals surface area (Å²) in [7, 11) is 3.29. The molecule has 8 heteroatoms. The lowest BCUT2D eigenvalue weighted by molar-refractivity contribution is -0.120. The molecule has 0 spiro atoms. The number of benzene rings is 2. The summed E-state index contributed by atoms with van der Waals surface area (Å²) < 4.78 is 16.4. The molecule has 1 amide bonds. The molecule has 2 rings (SSSR count). The molecule has 0 aliphatic carbocycles. The van der Waals surface area contributed by atoms with Crippen LogP contribution in [0.15, 0.2) is 47.5 Å². The highest BCUT2D eigenvalue weighted by molar-refractivity contribution is 5.86. The van der Waals surface area contributed by atoms with Crippen molar-refractivity contribution >= 4 is 11.9 Å². The molecule has 0 bridgehead atoms. The first kappa shape index (κ1) is 25.0. The Morgan fingerprint density at radius 2 is 1.78 bits per heavy atom. The van der Waals surface area contributed by atoms with Crippen LogP contribution < -0.4 is 25.4 Å². The molecular formula is C24H34N4O4. The van der Waals surface area contributed by atoms with Gasteiger partial charge in [0.05, 0.1) is 20.3 Å². The van der Waals surface area contributed by atoms with Crippen molar-refractivity contribution in [2.75, 3.05) is 40.5 Å². The molecule has 0 aliphatic heterocycles. The molecule has 0 saturated carbocycles. The third-order valence-corrected chi connectivity index (χ3v) is 4.65. The summed E-state index contributed by atoms with van der Waals surface area (Å²) in [5.74, 6) is 2.00. The SMILES string of the molecule is CCOCCOc1cc(C)ccc1CNC(=NC)NCC(=O)NCc1ccc(OC)cc1. The minimum Gasteiger partial charge on any atom is -0.497 e. The van der Waals surface area contributed by atoms with E-state index < -0.39 is 0 Å². The van der Waals surface area contributed by atoms with Crippen molar-refractivity contribution in [3.63, 3.8) is 0 Å². The van der Waals surface area contributed by atoms with Crippen molar-refractivity contribution in [3.05, 3.63) is 59.2 Å². The Balaban J connectivity index is 1.79. The number of carbonyl (C=O) groups excluding carboxylic acids is 1. The Hall–Kier alpha value is -3.26. The van der Waals surface area contributed by atoms with Crippen LogP contribution in [-0.2, 0) is 22.6 Å². The maximum atomic E-state index is 12.2. The number of methoxy groups -OCH3 is 1. The molecule has 0 aliphatic rings. The number of amides is 1. The summed E-state index contributed by atoms with van der Waals surface area (Å²) in [6.45, 7) is 6.76. The molecule has 2 aromatic rings. The maximum absolute atomic E-state index is 12.2. The van der Waals surface area contributed by atoms with Crippen molar-refractivity contribution in [2.24, 2.45) is 4.99 Å². The Morgan fingerprint density at radius 1 is 1.00 bits per heavy atom. The van der Waals surface area contributed by atoms with Gasteiger partial charge < -0.3 is 30.2 Å². The molecule has 0 unspecified atom stereocenters. The van der Waals surface area contributed by atoms with E-state index in [2.05, 4.69) is 20.9 Å². The van der Waals surface area contributed by atoms with Crippen LogP contribution in [0.4, 0.5) is 0 Å². The van der Waals surface area contributed by atoms with Crippen LogP contribution in [0.3, 0.4) is 0 Å². The average molecular weight is 443 g/mol. The molecule has 174 valence electrons. The molecule has 8 nitrogen and oxygen atoms in total. The number of hydrogen-bond donors (Lipinski definition) is 3.